The molecule has 0 aliphatic carbocycles. The molecular weight excluding hydrogens is 396 g/mol. The fraction of sp³-hybridized carbons (Fsp3) is 0.417. The number of H-pyrrole nitrogens is 2. The van der Waals surface area contributed by atoms with Gasteiger partial charge in [-0.1, -0.05) is 12.1 Å². The highest BCUT2D eigenvalue weighted by Crippen LogP contribution is 2.30. The Labute approximate surface area is 183 Å². The van der Waals surface area contributed by atoms with Crippen molar-refractivity contribution in [3.05, 3.63) is 77.9 Å². The largest absolute Gasteiger partial charge is 0.491 e. The van der Waals surface area contributed by atoms with Crippen molar-refractivity contribution < 1.29 is 23.7 Å². The number of rotatable bonds is 16. The molecule has 0 atom stereocenters. The molecule has 0 bridgehead atoms. The monoisotopic (exact) mass is 428 g/mol. The lowest BCUT2D eigenvalue weighted by Crippen LogP contribution is -2.13. The molecule has 2 aromatic heterocycles. The molecule has 31 heavy (non-hydrogen) atoms. The van der Waals surface area contributed by atoms with Gasteiger partial charge in [-0.3, -0.25) is 0 Å². The van der Waals surface area contributed by atoms with Gasteiger partial charge in [0.1, 0.15) is 12.4 Å². The van der Waals surface area contributed by atoms with Crippen molar-refractivity contribution in [3.8, 4) is 5.75 Å². The maximum Gasteiger partial charge on any atom is 0.119 e. The van der Waals surface area contributed by atoms with E-state index in [2.05, 4.69) is 34.2 Å². The molecule has 168 valence electrons. The van der Waals surface area contributed by atoms with Crippen molar-refractivity contribution >= 4 is 0 Å². The average molecular weight is 429 g/mol. The number of hydrogen-bond acceptors (Lipinski definition) is 5. The Kier molecular flexibility index (Phi) is 10.2. The molecular formula is C24H32N2O5. The van der Waals surface area contributed by atoms with Crippen molar-refractivity contribution in [3.63, 3.8) is 0 Å². The summed E-state index contributed by atoms with van der Waals surface area (Å²) < 4.78 is 27.0. The van der Waals surface area contributed by atoms with E-state index in [1.165, 1.54) is 5.56 Å². The molecule has 2 heterocycles. The molecule has 3 aromatic rings. The molecule has 7 heteroatoms. The van der Waals surface area contributed by atoms with E-state index in [1.54, 1.807) is 7.11 Å². The Hall–Kier alpha value is -2.58. The summed E-state index contributed by atoms with van der Waals surface area (Å²) >= 11 is 0. The lowest BCUT2D eigenvalue weighted by Gasteiger charge is -2.16. The summed E-state index contributed by atoms with van der Waals surface area (Å²) in [5.74, 6) is 0.960. The van der Waals surface area contributed by atoms with Crippen LogP contribution in [-0.4, -0.2) is 69.9 Å². The molecule has 2 N–H and O–H groups in total. The number of methoxy groups -OCH3 is 1. The Morgan fingerprint density at radius 2 is 1.16 bits per heavy atom. The van der Waals surface area contributed by atoms with Gasteiger partial charge in [0.2, 0.25) is 0 Å². The molecule has 0 unspecified atom stereocenters. The molecule has 0 fully saturated rings. The van der Waals surface area contributed by atoms with Crippen LogP contribution in [0.3, 0.4) is 0 Å². The van der Waals surface area contributed by atoms with Gasteiger partial charge in [-0.2, -0.15) is 0 Å². The van der Waals surface area contributed by atoms with Gasteiger partial charge >= 0.3 is 0 Å². The predicted molar refractivity (Wildman–Crippen MR) is 119 cm³/mol. The standard InChI is InChI=1S/C24H32N2O5/c1-27-12-13-28-14-15-29-16-17-30-18-19-31-21-8-6-20(7-9-21)24(22-4-2-10-25-22)23-5-3-11-26-23/h2-11,24-26H,12-19H2,1H3. The molecule has 1 aromatic carbocycles. The van der Waals surface area contributed by atoms with Crippen LogP contribution < -0.4 is 4.74 Å². The van der Waals surface area contributed by atoms with Gasteiger partial charge in [-0.25, -0.2) is 0 Å². The molecule has 0 aliphatic heterocycles. The highest BCUT2D eigenvalue weighted by atomic mass is 16.6. The van der Waals surface area contributed by atoms with Crippen LogP contribution in [0.25, 0.3) is 0 Å². The maximum atomic E-state index is 5.79. The lowest BCUT2D eigenvalue weighted by molar-refractivity contribution is 0.000163. The van der Waals surface area contributed by atoms with Crippen LogP contribution in [0.15, 0.2) is 60.9 Å². The highest BCUT2D eigenvalue weighted by Gasteiger charge is 2.18. The van der Waals surface area contributed by atoms with E-state index in [1.807, 2.05) is 36.7 Å². The zero-order chi connectivity index (χ0) is 21.6. The lowest BCUT2D eigenvalue weighted by atomic mass is 9.92. The second kappa shape index (κ2) is 13.7. The first kappa shape index (κ1) is 23.1. The second-order valence-corrected chi connectivity index (χ2v) is 6.93. The minimum absolute atomic E-state index is 0.132. The fourth-order valence-electron chi connectivity index (χ4n) is 3.23. The molecule has 7 nitrogen and oxygen atoms in total. The van der Waals surface area contributed by atoms with E-state index in [-0.39, 0.29) is 5.92 Å². The number of hydrogen-bond donors (Lipinski definition) is 2. The van der Waals surface area contributed by atoms with Gasteiger partial charge in [0.05, 0.1) is 52.2 Å². The zero-order valence-electron chi connectivity index (χ0n) is 18.0. The van der Waals surface area contributed by atoms with Gasteiger partial charge in [-0.15, -0.1) is 0 Å². The number of aromatic amines is 2. The van der Waals surface area contributed by atoms with Crippen LogP contribution in [0.1, 0.15) is 22.9 Å². The molecule has 3 rings (SSSR count). The van der Waals surface area contributed by atoms with Crippen molar-refractivity contribution in [2.24, 2.45) is 0 Å². The Bertz CT molecular complexity index is 769. The minimum Gasteiger partial charge on any atom is -0.491 e. The second-order valence-electron chi connectivity index (χ2n) is 6.93. The first-order chi connectivity index (χ1) is 15.4. The third-order valence-corrected chi connectivity index (χ3v) is 4.75. The van der Waals surface area contributed by atoms with Gasteiger partial charge < -0.3 is 33.7 Å². The van der Waals surface area contributed by atoms with Gasteiger partial charge in [-0.05, 0) is 42.0 Å². The van der Waals surface area contributed by atoms with E-state index in [4.69, 9.17) is 23.7 Å². The Balaban J connectivity index is 1.33. The number of benzene rings is 1. The first-order valence-electron chi connectivity index (χ1n) is 10.6. The number of nitrogens with one attached hydrogen (secondary N) is 2. The smallest absolute Gasteiger partial charge is 0.119 e. The van der Waals surface area contributed by atoms with Gasteiger partial charge in [0, 0.05) is 30.9 Å². The van der Waals surface area contributed by atoms with E-state index in [9.17, 15) is 0 Å². The molecule has 0 spiro atoms. The van der Waals surface area contributed by atoms with Crippen molar-refractivity contribution in [1.82, 2.24) is 9.97 Å². The van der Waals surface area contributed by atoms with Crippen molar-refractivity contribution in [2.75, 3.05) is 60.0 Å². The summed E-state index contributed by atoms with van der Waals surface area (Å²) in [4.78, 5) is 6.65. The summed E-state index contributed by atoms with van der Waals surface area (Å²) in [5.41, 5.74) is 3.48. The average Bonchev–Trinajstić information content (AvgIpc) is 3.51. The Morgan fingerprint density at radius 1 is 0.645 bits per heavy atom. The highest BCUT2D eigenvalue weighted by molar-refractivity contribution is 5.40. The van der Waals surface area contributed by atoms with Crippen molar-refractivity contribution in [2.45, 2.75) is 5.92 Å². The van der Waals surface area contributed by atoms with Crippen molar-refractivity contribution in [1.29, 1.82) is 0 Å². The fourth-order valence-corrected chi connectivity index (χ4v) is 3.23. The normalized spacial score (nSPS) is 11.3. The summed E-state index contributed by atoms with van der Waals surface area (Å²) in [6, 6.07) is 16.4. The molecule has 0 amide bonds. The third-order valence-electron chi connectivity index (χ3n) is 4.75. The molecule has 0 radical (unpaired) electrons. The number of ether oxygens (including phenoxy) is 5. The summed E-state index contributed by atoms with van der Waals surface area (Å²) in [5, 5.41) is 0. The first-order valence-corrected chi connectivity index (χ1v) is 10.6. The maximum absolute atomic E-state index is 5.79. The molecule has 0 aliphatic rings. The number of aromatic nitrogens is 2. The quantitative estimate of drug-likeness (QED) is 0.341. The van der Waals surface area contributed by atoms with Crippen LogP contribution in [-0.2, 0) is 18.9 Å². The summed E-state index contributed by atoms with van der Waals surface area (Å²) in [7, 11) is 1.65. The predicted octanol–water partition coefficient (Wildman–Crippen LogP) is 3.60. The van der Waals surface area contributed by atoms with Crippen LogP contribution in [0.2, 0.25) is 0 Å². The zero-order valence-corrected chi connectivity index (χ0v) is 18.0. The molecule has 0 saturated heterocycles. The van der Waals surface area contributed by atoms with Crippen LogP contribution in [0.5, 0.6) is 5.75 Å². The van der Waals surface area contributed by atoms with Gasteiger partial charge in [0.25, 0.3) is 0 Å². The van der Waals surface area contributed by atoms with E-state index in [0.29, 0.717) is 52.9 Å². The topological polar surface area (TPSA) is 77.7 Å². The summed E-state index contributed by atoms with van der Waals surface area (Å²) in [6.07, 6.45) is 3.90. The summed E-state index contributed by atoms with van der Waals surface area (Å²) in [6.45, 7) is 4.41. The van der Waals surface area contributed by atoms with Crippen LogP contribution in [0, 0.1) is 0 Å². The Morgan fingerprint density at radius 3 is 1.65 bits per heavy atom. The van der Waals surface area contributed by atoms with E-state index in [0.717, 1.165) is 17.1 Å². The minimum atomic E-state index is 0.132. The SMILES string of the molecule is COCCOCCOCCOCCOc1ccc(C(c2ccc[nH]2)c2ccc[nH]2)cc1. The van der Waals surface area contributed by atoms with Crippen LogP contribution >= 0.6 is 0 Å². The van der Waals surface area contributed by atoms with Gasteiger partial charge in [0.15, 0.2) is 0 Å². The molecule has 0 saturated carbocycles. The van der Waals surface area contributed by atoms with Crippen LogP contribution in [0.4, 0.5) is 0 Å². The third kappa shape index (κ3) is 7.88. The van der Waals surface area contributed by atoms with E-state index >= 15 is 0 Å². The van der Waals surface area contributed by atoms with E-state index < -0.39 is 0 Å².